The van der Waals surface area contributed by atoms with Crippen LogP contribution in [0.15, 0.2) is 30.6 Å². The van der Waals surface area contributed by atoms with E-state index >= 15 is 0 Å². The van der Waals surface area contributed by atoms with E-state index in [2.05, 4.69) is 20.6 Å². The monoisotopic (exact) mass is 441 g/mol. The van der Waals surface area contributed by atoms with E-state index in [0.29, 0.717) is 12.8 Å². The summed E-state index contributed by atoms with van der Waals surface area (Å²) in [6, 6.07) is 2.92. The van der Waals surface area contributed by atoms with Crippen molar-refractivity contribution in [2.45, 2.75) is 37.5 Å². The number of carbonyl (C=O) groups is 1. The first-order valence-electron chi connectivity index (χ1n) is 9.93. The minimum atomic E-state index is -4.49. The topological polar surface area (TPSA) is 62.2 Å². The average Bonchev–Trinajstić information content (AvgIpc) is 3.11. The van der Waals surface area contributed by atoms with E-state index < -0.39 is 17.3 Å². The van der Waals surface area contributed by atoms with Crippen LogP contribution in [0.4, 0.5) is 18.9 Å². The summed E-state index contributed by atoms with van der Waals surface area (Å²) in [5, 5.41) is 10.3. The predicted octanol–water partition coefficient (Wildman–Crippen LogP) is 3.48. The number of carbonyl (C=O) groups excluding carboxylic acids is 1. The van der Waals surface area contributed by atoms with Crippen molar-refractivity contribution in [3.05, 3.63) is 46.7 Å². The van der Waals surface area contributed by atoms with E-state index in [1.165, 1.54) is 6.07 Å². The first-order chi connectivity index (χ1) is 14.3. The zero-order chi connectivity index (χ0) is 21.4. The molecule has 2 heterocycles. The first kappa shape index (κ1) is 21.1. The van der Waals surface area contributed by atoms with Crippen molar-refractivity contribution in [3.63, 3.8) is 0 Å². The molecule has 0 atom stereocenters. The van der Waals surface area contributed by atoms with E-state index in [0.717, 1.165) is 56.8 Å². The van der Waals surface area contributed by atoms with Gasteiger partial charge in [-0.2, -0.15) is 18.3 Å². The lowest BCUT2D eigenvalue weighted by molar-refractivity contribution is -0.137. The molecule has 0 bridgehead atoms. The van der Waals surface area contributed by atoms with Crippen LogP contribution < -0.4 is 10.6 Å². The van der Waals surface area contributed by atoms with Crippen LogP contribution in [0.25, 0.3) is 0 Å². The molecule has 162 valence electrons. The normalized spacial score (nSPS) is 19.3. The maximum atomic E-state index is 13.1. The Morgan fingerprint density at radius 2 is 2.00 bits per heavy atom. The summed E-state index contributed by atoms with van der Waals surface area (Å²) < 4.78 is 40.2. The number of halogens is 4. The van der Waals surface area contributed by atoms with Gasteiger partial charge in [0.2, 0.25) is 0 Å². The van der Waals surface area contributed by atoms with Crippen molar-refractivity contribution < 1.29 is 18.0 Å². The number of alkyl halides is 3. The van der Waals surface area contributed by atoms with Crippen LogP contribution in [0.2, 0.25) is 5.02 Å². The van der Waals surface area contributed by atoms with Crippen LogP contribution in [-0.4, -0.2) is 46.8 Å². The number of anilines is 1. The number of rotatable bonds is 5. The van der Waals surface area contributed by atoms with Crippen molar-refractivity contribution in [1.29, 1.82) is 0 Å². The van der Waals surface area contributed by atoms with Gasteiger partial charge in [-0.3, -0.25) is 14.4 Å². The summed E-state index contributed by atoms with van der Waals surface area (Å²) in [7, 11) is 0. The quantitative estimate of drug-likeness (QED) is 0.745. The molecule has 2 N–H and O–H groups in total. The Bertz CT molecular complexity index is 919. The second-order valence-electron chi connectivity index (χ2n) is 7.85. The Kier molecular flexibility index (Phi) is 5.78. The zero-order valence-electron chi connectivity index (χ0n) is 16.3. The molecular weight excluding hydrogens is 419 g/mol. The lowest BCUT2D eigenvalue weighted by Crippen LogP contribution is -2.51. The summed E-state index contributed by atoms with van der Waals surface area (Å²) in [6.07, 6.45) is 1.30. The fourth-order valence-corrected chi connectivity index (χ4v) is 4.13. The Hall–Kier alpha value is -2.10. The van der Waals surface area contributed by atoms with Gasteiger partial charge >= 0.3 is 6.18 Å². The van der Waals surface area contributed by atoms with Crippen molar-refractivity contribution in [2.24, 2.45) is 0 Å². The molecule has 1 saturated carbocycles. The highest BCUT2D eigenvalue weighted by atomic mass is 35.5. The van der Waals surface area contributed by atoms with E-state index in [4.69, 9.17) is 11.6 Å². The molecule has 2 fully saturated rings. The molecule has 0 radical (unpaired) electrons. The van der Waals surface area contributed by atoms with Gasteiger partial charge in [0.15, 0.2) is 0 Å². The van der Waals surface area contributed by atoms with E-state index in [1.807, 2.05) is 6.20 Å². The second-order valence-corrected chi connectivity index (χ2v) is 8.26. The highest BCUT2D eigenvalue weighted by molar-refractivity contribution is 6.33. The molecule has 6 nitrogen and oxygen atoms in total. The number of nitrogens with zero attached hydrogens (tertiary/aromatic N) is 3. The number of hydrogen-bond donors (Lipinski definition) is 2. The SMILES string of the molecule is O=C(Nc1ccc(C(F)(F)F)cc1Cl)C1(n2cc(CN3CCNCC3)cn2)CCC1. The zero-order valence-corrected chi connectivity index (χ0v) is 17.1. The fourth-order valence-electron chi connectivity index (χ4n) is 3.91. The third kappa shape index (κ3) is 4.19. The number of aromatic nitrogens is 2. The minimum Gasteiger partial charge on any atom is -0.323 e. The Morgan fingerprint density at radius 3 is 2.60 bits per heavy atom. The van der Waals surface area contributed by atoms with Crippen LogP contribution in [0.5, 0.6) is 0 Å². The van der Waals surface area contributed by atoms with Gasteiger partial charge in [-0.1, -0.05) is 11.6 Å². The van der Waals surface area contributed by atoms with Crippen LogP contribution in [0, 0.1) is 0 Å². The van der Waals surface area contributed by atoms with E-state index in [-0.39, 0.29) is 16.6 Å². The molecule has 1 saturated heterocycles. The number of piperazine rings is 1. The molecule has 0 unspecified atom stereocenters. The van der Waals surface area contributed by atoms with Gasteiger partial charge in [-0.15, -0.1) is 0 Å². The van der Waals surface area contributed by atoms with E-state index in [9.17, 15) is 18.0 Å². The third-order valence-electron chi connectivity index (χ3n) is 5.84. The maximum Gasteiger partial charge on any atom is 0.416 e. The van der Waals surface area contributed by atoms with Gasteiger partial charge < -0.3 is 10.6 Å². The molecule has 2 aromatic rings. The molecule has 1 aliphatic carbocycles. The van der Waals surface area contributed by atoms with Crippen molar-refractivity contribution in [2.75, 3.05) is 31.5 Å². The lowest BCUT2D eigenvalue weighted by atomic mass is 9.76. The van der Waals surface area contributed by atoms with Crippen LogP contribution >= 0.6 is 11.6 Å². The van der Waals surface area contributed by atoms with Gasteiger partial charge in [0.05, 0.1) is 22.5 Å². The molecule has 0 spiro atoms. The van der Waals surface area contributed by atoms with Gasteiger partial charge in [-0.05, 0) is 37.5 Å². The van der Waals surface area contributed by atoms with Crippen molar-refractivity contribution >= 4 is 23.2 Å². The summed E-state index contributed by atoms with van der Waals surface area (Å²) in [5.74, 6) is -0.313. The third-order valence-corrected chi connectivity index (χ3v) is 6.15. The standard InChI is InChI=1S/C20H23ClF3N5O/c21-16-10-15(20(22,23)24)2-3-17(16)27-18(30)19(4-1-5-19)29-13-14(11-26-29)12-28-8-6-25-7-9-28/h2-3,10-11,13,25H,1,4-9,12H2,(H,27,30). The highest BCUT2D eigenvalue weighted by Crippen LogP contribution is 2.41. The summed E-state index contributed by atoms with van der Waals surface area (Å²) in [4.78, 5) is 15.4. The van der Waals surface area contributed by atoms with Gasteiger partial charge in [0.1, 0.15) is 5.54 Å². The molecule has 2 aliphatic rings. The molecular formula is C20H23ClF3N5O. The first-order valence-corrected chi connectivity index (χ1v) is 10.3. The van der Waals surface area contributed by atoms with Crippen LogP contribution in [0.1, 0.15) is 30.4 Å². The van der Waals surface area contributed by atoms with Crippen molar-refractivity contribution in [3.8, 4) is 0 Å². The molecule has 1 aliphatic heterocycles. The Balaban J connectivity index is 1.49. The van der Waals surface area contributed by atoms with Gasteiger partial charge in [0.25, 0.3) is 5.91 Å². The molecule has 4 rings (SSSR count). The molecule has 1 amide bonds. The van der Waals surface area contributed by atoms with Crippen LogP contribution in [-0.2, 0) is 23.1 Å². The van der Waals surface area contributed by atoms with Gasteiger partial charge in [-0.25, -0.2) is 0 Å². The number of benzene rings is 1. The maximum absolute atomic E-state index is 13.1. The van der Waals surface area contributed by atoms with Crippen molar-refractivity contribution in [1.82, 2.24) is 20.0 Å². The van der Waals surface area contributed by atoms with E-state index in [1.54, 1.807) is 10.9 Å². The molecule has 1 aromatic heterocycles. The number of amides is 1. The molecule has 10 heteroatoms. The largest absolute Gasteiger partial charge is 0.416 e. The Labute approximate surface area is 177 Å². The highest BCUT2D eigenvalue weighted by Gasteiger charge is 2.47. The fraction of sp³-hybridized carbons (Fsp3) is 0.500. The number of hydrogen-bond acceptors (Lipinski definition) is 4. The number of nitrogens with one attached hydrogen (secondary N) is 2. The lowest BCUT2D eigenvalue weighted by Gasteiger charge is -2.40. The molecule has 30 heavy (non-hydrogen) atoms. The molecule has 1 aromatic carbocycles. The van der Waals surface area contributed by atoms with Gasteiger partial charge in [0, 0.05) is 44.5 Å². The average molecular weight is 442 g/mol. The smallest absolute Gasteiger partial charge is 0.323 e. The summed E-state index contributed by atoms with van der Waals surface area (Å²) >= 11 is 6.00. The predicted molar refractivity (Wildman–Crippen MR) is 107 cm³/mol. The summed E-state index contributed by atoms with van der Waals surface area (Å²) in [6.45, 7) is 4.60. The Morgan fingerprint density at radius 1 is 1.27 bits per heavy atom. The second kappa shape index (κ2) is 8.20. The summed E-state index contributed by atoms with van der Waals surface area (Å²) in [5.41, 5.74) is -0.501. The minimum absolute atomic E-state index is 0.146. The van der Waals surface area contributed by atoms with Crippen LogP contribution in [0.3, 0.4) is 0 Å².